The molecule has 1 aromatic carbocycles. The molecule has 0 bridgehead atoms. The van der Waals surface area contributed by atoms with Crippen molar-refractivity contribution in [1.29, 1.82) is 0 Å². The summed E-state index contributed by atoms with van der Waals surface area (Å²) in [6.45, 7) is 2.11. The molecule has 2 atom stereocenters. The van der Waals surface area contributed by atoms with E-state index in [0.717, 1.165) is 31.0 Å². The number of nitrogens with two attached hydrogens (primary N) is 1. The van der Waals surface area contributed by atoms with Crippen molar-refractivity contribution in [1.82, 2.24) is 4.31 Å². The molecule has 20 heavy (non-hydrogen) atoms. The van der Waals surface area contributed by atoms with Crippen molar-refractivity contribution >= 4 is 10.0 Å². The number of hydrogen-bond donors (Lipinski definition) is 1. The van der Waals surface area contributed by atoms with E-state index in [1.807, 2.05) is 0 Å². The fourth-order valence-corrected chi connectivity index (χ4v) is 4.31. The molecule has 0 aliphatic carbocycles. The Kier molecular flexibility index (Phi) is 4.41. The molecular formula is C13H18F2N2O2S. The average molecular weight is 304 g/mol. The second-order valence-electron chi connectivity index (χ2n) is 5.11. The van der Waals surface area contributed by atoms with Crippen molar-refractivity contribution in [3.8, 4) is 0 Å². The molecule has 1 fully saturated rings. The van der Waals surface area contributed by atoms with Crippen LogP contribution in [0.2, 0.25) is 0 Å². The summed E-state index contributed by atoms with van der Waals surface area (Å²) in [4.78, 5) is -0.232. The highest BCUT2D eigenvalue weighted by Gasteiger charge is 2.35. The fourth-order valence-electron chi connectivity index (χ4n) is 2.53. The summed E-state index contributed by atoms with van der Waals surface area (Å²) in [6, 6.07) is 2.02. The largest absolute Gasteiger partial charge is 0.326 e. The average Bonchev–Trinajstić information content (AvgIpc) is 2.41. The lowest BCUT2D eigenvalue weighted by Gasteiger charge is -2.36. The van der Waals surface area contributed by atoms with Crippen molar-refractivity contribution in [2.75, 3.05) is 6.54 Å². The second kappa shape index (κ2) is 5.75. The van der Waals surface area contributed by atoms with Gasteiger partial charge in [-0.1, -0.05) is 6.42 Å². The van der Waals surface area contributed by atoms with E-state index in [-0.39, 0.29) is 17.0 Å². The zero-order chi connectivity index (χ0) is 14.9. The van der Waals surface area contributed by atoms with E-state index < -0.39 is 21.7 Å². The van der Waals surface area contributed by atoms with Gasteiger partial charge in [0.1, 0.15) is 0 Å². The molecule has 0 aromatic heterocycles. The number of halogens is 2. The Hall–Kier alpha value is -1.05. The SMILES string of the molecule is C[C@H](N)[C@H]1CCCCN1S(=O)(=O)c1ccc(F)c(F)c1. The maximum atomic E-state index is 13.2. The number of hydrogen-bond acceptors (Lipinski definition) is 3. The fraction of sp³-hybridized carbons (Fsp3) is 0.538. The molecule has 0 amide bonds. The topological polar surface area (TPSA) is 63.4 Å². The minimum atomic E-state index is -3.85. The predicted molar refractivity (Wildman–Crippen MR) is 71.5 cm³/mol. The predicted octanol–water partition coefficient (Wildman–Crippen LogP) is 1.86. The maximum Gasteiger partial charge on any atom is 0.243 e. The quantitative estimate of drug-likeness (QED) is 0.927. The van der Waals surface area contributed by atoms with Crippen LogP contribution in [0.25, 0.3) is 0 Å². The van der Waals surface area contributed by atoms with Crippen molar-refractivity contribution in [2.45, 2.75) is 43.2 Å². The number of nitrogens with zero attached hydrogens (tertiary/aromatic N) is 1. The Bertz CT molecular complexity index is 590. The van der Waals surface area contributed by atoms with E-state index in [4.69, 9.17) is 5.73 Å². The van der Waals surface area contributed by atoms with E-state index >= 15 is 0 Å². The molecule has 1 aromatic rings. The lowest BCUT2D eigenvalue weighted by molar-refractivity contribution is 0.227. The zero-order valence-corrected chi connectivity index (χ0v) is 12.0. The first-order valence-electron chi connectivity index (χ1n) is 6.56. The van der Waals surface area contributed by atoms with Crippen molar-refractivity contribution in [3.05, 3.63) is 29.8 Å². The normalized spacial score (nSPS) is 22.7. The molecule has 1 heterocycles. The van der Waals surface area contributed by atoms with Gasteiger partial charge >= 0.3 is 0 Å². The summed E-state index contributed by atoms with van der Waals surface area (Å²) in [5.41, 5.74) is 5.85. The van der Waals surface area contributed by atoms with Gasteiger partial charge in [0.15, 0.2) is 11.6 Å². The van der Waals surface area contributed by atoms with Crippen LogP contribution in [0.1, 0.15) is 26.2 Å². The third-order valence-electron chi connectivity index (χ3n) is 3.60. The molecule has 1 aliphatic heterocycles. The third-order valence-corrected chi connectivity index (χ3v) is 5.52. The van der Waals surface area contributed by atoms with E-state index in [0.29, 0.717) is 13.0 Å². The molecule has 1 saturated heterocycles. The number of benzene rings is 1. The number of rotatable bonds is 3. The van der Waals surface area contributed by atoms with Crippen LogP contribution in [0.3, 0.4) is 0 Å². The van der Waals surface area contributed by atoms with Crippen LogP contribution in [0, 0.1) is 11.6 Å². The smallest absolute Gasteiger partial charge is 0.243 e. The maximum absolute atomic E-state index is 13.2. The molecule has 0 spiro atoms. The highest BCUT2D eigenvalue weighted by molar-refractivity contribution is 7.89. The van der Waals surface area contributed by atoms with Gasteiger partial charge in [0.05, 0.1) is 4.90 Å². The lowest BCUT2D eigenvalue weighted by Crippen LogP contribution is -2.51. The lowest BCUT2D eigenvalue weighted by atomic mass is 10.00. The molecular weight excluding hydrogens is 286 g/mol. The Morgan fingerprint density at radius 1 is 1.30 bits per heavy atom. The van der Waals surface area contributed by atoms with Gasteiger partial charge < -0.3 is 5.73 Å². The highest BCUT2D eigenvalue weighted by Crippen LogP contribution is 2.27. The minimum absolute atomic E-state index is 0.232. The molecule has 0 unspecified atom stereocenters. The number of sulfonamides is 1. The van der Waals surface area contributed by atoms with Gasteiger partial charge in [0.2, 0.25) is 10.0 Å². The first-order valence-corrected chi connectivity index (χ1v) is 8.00. The van der Waals surface area contributed by atoms with Crippen LogP contribution in [0.4, 0.5) is 8.78 Å². The summed E-state index contributed by atoms with van der Waals surface area (Å²) in [6.07, 6.45) is 2.34. The number of piperidine rings is 1. The molecule has 0 radical (unpaired) electrons. The van der Waals surface area contributed by atoms with Gasteiger partial charge in [-0.25, -0.2) is 17.2 Å². The van der Waals surface area contributed by atoms with Crippen LogP contribution >= 0.6 is 0 Å². The van der Waals surface area contributed by atoms with Crippen LogP contribution in [-0.4, -0.2) is 31.4 Å². The van der Waals surface area contributed by atoms with E-state index in [2.05, 4.69) is 0 Å². The Balaban J connectivity index is 2.39. The molecule has 2 rings (SSSR count). The zero-order valence-electron chi connectivity index (χ0n) is 11.2. The van der Waals surface area contributed by atoms with Gasteiger partial charge in [0.25, 0.3) is 0 Å². The Morgan fingerprint density at radius 3 is 2.60 bits per heavy atom. The summed E-state index contributed by atoms with van der Waals surface area (Å²) >= 11 is 0. The third kappa shape index (κ3) is 2.84. The second-order valence-corrected chi connectivity index (χ2v) is 7.00. The Morgan fingerprint density at radius 2 is 2.00 bits per heavy atom. The first-order chi connectivity index (χ1) is 9.34. The highest BCUT2D eigenvalue weighted by atomic mass is 32.2. The molecule has 112 valence electrons. The van der Waals surface area contributed by atoms with Gasteiger partial charge in [-0.2, -0.15) is 4.31 Å². The van der Waals surface area contributed by atoms with E-state index in [9.17, 15) is 17.2 Å². The van der Waals surface area contributed by atoms with E-state index in [1.54, 1.807) is 6.92 Å². The Labute approximate surface area is 117 Å². The van der Waals surface area contributed by atoms with Crippen LogP contribution in [-0.2, 0) is 10.0 Å². The molecule has 1 aliphatic rings. The molecule has 7 heteroatoms. The summed E-state index contributed by atoms with van der Waals surface area (Å²) in [5.74, 6) is -2.23. The summed E-state index contributed by atoms with van der Waals surface area (Å²) < 4.78 is 52.6. The monoisotopic (exact) mass is 304 g/mol. The van der Waals surface area contributed by atoms with Crippen LogP contribution in [0.5, 0.6) is 0 Å². The molecule has 2 N–H and O–H groups in total. The van der Waals surface area contributed by atoms with Crippen molar-refractivity contribution < 1.29 is 17.2 Å². The van der Waals surface area contributed by atoms with Crippen molar-refractivity contribution in [3.63, 3.8) is 0 Å². The standard InChI is InChI=1S/C13H18F2N2O2S/c1-9(16)13-4-2-3-7-17(13)20(18,19)10-5-6-11(14)12(15)8-10/h5-6,8-9,13H,2-4,7,16H2,1H3/t9-,13+/m0/s1. The van der Waals surface area contributed by atoms with Gasteiger partial charge in [-0.15, -0.1) is 0 Å². The minimum Gasteiger partial charge on any atom is -0.326 e. The van der Waals surface area contributed by atoms with Crippen LogP contribution < -0.4 is 5.73 Å². The first kappa shape index (κ1) is 15.3. The molecule has 0 saturated carbocycles. The summed E-state index contributed by atoms with van der Waals surface area (Å²) in [5, 5.41) is 0. The van der Waals surface area contributed by atoms with E-state index in [1.165, 1.54) is 4.31 Å². The van der Waals surface area contributed by atoms with Crippen molar-refractivity contribution in [2.24, 2.45) is 5.73 Å². The molecule has 4 nitrogen and oxygen atoms in total. The summed E-state index contributed by atoms with van der Waals surface area (Å²) in [7, 11) is -3.85. The van der Waals surface area contributed by atoms with Gasteiger partial charge in [-0.05, 0) is 38.0 Å². The van der Waals surface area contributed by atoms with Gasteiger partial charge in [0, 0.05) is 18.6 Å². The van der Waals surface area contributed by atoms with Gasteiger partial charge in [-0.3, -0.25) is 0 Å². The van der Waals surface area contributed by atoms with Crippen LogP contribution in [0.15, 0.2) is 23.1 Å².